The number of fused-ring (bicyclic) bond motifs is 1. The number of pyridine rings is 1. The van der Waals surface area contributed by atoms with E-state index in [2.05, 4.69) is 15.3 Å². The van der Waals surface area contributed by atoms with Crippen molar-refractivity contribution >= 4 is 23.4 Å². The van der Waals surface area contributed by atoms with Crippen LogP contribution in [0.25, 0.3) is 11.3 Å². The molecule has 0 spiro atoms. The average molecular weight is 431 g/mol. The van der Waals surface area contributed by atoms with Crippen LogP contribution in [0.2, 0.25) is 0 Å². The second-order valence-electron chi connectivity index (χ2n) is 8.03. The van der Waals surface area contributed by atoms with Crippen LogP contribution in [0.15, 0.2) is 48.7 Å². The van der Waals surface area contributed by atoms with Gasteiger partial charge < -0.3 is 15.2 Å². The first-order valence-corrected chi connectivity index (χ1v) is 10.8. The maximum absolute atomic E-state index is 13.2. The second kappa shape index (κ2) is 9.18. The van der Waals surface area contributed by atoms with Crippen molar-refractivity contribution in [3.63, 3.8) is 0 Å². The number of ketones is 1. The predicted molar refractivity (Wildman–Crippen MR) is 122 cm³/mol. The third-order valence-electron chi connectivity index (χ3n) is 5.54. The van der Waals surface area contributed by atoms with E-state index in [0.717, 1.165) is 34.5 Å². The smallest absolute Gasteiger partial charge is 0.223 e. The van der Waals surface area contributed by atoms with Gasteiger partial charge in [-0.3, -0.25) is 14.4 Å². The summed E-state index contributed by atoms with van der Waals surface area (Å²) < 4.78 is 0. The lowest BCUT2D eigenvalue weighted by Gasteiger charge is -2.26. The van der Waals surface area contributed by atoms with Crippen molar-refractivity contribution in [2.24, 2.45) is 0 Å². The minimum absolute atomic E-state index is 0.0101. The molecule has 4 rings (SSSR count). The highest BCUT2D eigenvalue weighted by molar-refractivity contribution is 6.04. The van der Waals surface area contributed by atoms with Crippen molar-refractivity contribution in [3.8, 4) is 11.3 Å². The van der Waals surface area contributed by atoms with Gasteiger partial charge in [0, 0.05) is 42.8 Å². The molecule has 2 aromatic heterocycles. The van der Waals surface area contributed by atoms with Crippen molar-refractivity contribution in [2.75, 3.05) is 11.9 Å². The van der Waals surface area contributed by atoms with Gasteiger partial charge in [0.2, 0.25) is 11.8 Å². The molecule has 0 radical (unpaired) electrons. The Kier molecular flexibility index (Phi) is 6.16. The van der Waals surface area contributed by atoms with E-state index in [1.807, 2.05) is 43.3 Å². The summed E-state index contributed by atoms with van der Waals surface area (Å²) in [5.41, 5.74) is 5.05. The molecule has 3 heterocycles. The number of carbonyl (C=O) groups excluding carboxylic acids is 3. The van der Waals surface area contributed by atoms with Gasteiger partial charge in [-0.05, 0) is 29.7 Å². The zero-order chi connectivity index (χ0) is 22.7. The van der Waals surface area contributed by atoms with Gasteiger partial charge in [0.15, 0.2) is 5.78 Å². The van der Waals surface area contributed by atoms with Gasteiger partial charge in [-0.1, -0.05) is 37.3 Å². The molecule has 0 bridgehead atoms. The van der Waals surface area contributed by atoms with Crippen LogP contribution in [-0.2, 0) is 22.6 Å². The number of hydrogen-bond acceptors (Lipinski definition) is 4. The summed E-state index contributed by atoms with van der Waals surface area (Å²) in [5, 5.41) is 2.71. The Morgan fingerprint density at radius 1 is 1.16 bits per heavy atom. The molecule has 0 atom stereocenters. The summed E-state index contributed by atoms with van der Waals surface area (Å²) in [6, 6.07) is 13.6. The molecule has 32 heavy (non-hydrogen) atoms. The highest BCUT2D eigenvalue weighted by atomic mass is 16.2. The fraction of sp³-hybridized carbons (Fsp3) is 0.280. The number of benzene rings is 1. The molecule has 0 saturated carbocycles. The third kappa shape index (κ3) is 4.46. The molecule has 1 aliphatic heterocycles. The van der Waals surface area contributed by atoms with Crippen molar-refractivity contribution in [2.45, 2.75) is 39.7 Å². The first-order valence-electron chi connectivity index (χ1n) is 10.8. The van der Waals surface area contributed by atoms with E-state index in [-0.39, 0.29) is 24.1 Å². The lowest BCUT2D eigenvalue weighted by Crippen LogP contribution is -2.39. The number of aromatic amines is 1. The SMILES string of the molecule is CCCC(=O)N1CC(=O)c2c([nH]c(-c3ccnc(NC(C)=O)c3)c2Cc2ccccc2)C1. The number of aromatic nitrogens is 2. The van der Waals surface area contributed by atoms with Crippen LogP contribution in [0.1, 0.15) is 53.9 Å². The average Bonchev–Trinajstić information content (AvgIpc) is 3.13. The van der Waals surface area contributed by atoms with Crippen LogP contribution in [0, 0.1) is 0 Å². The van der Waals surface area contributed by atoms with E-state index < -0.39 is 0 Å². The number of rotatable bonds is 6. The van der Waals surface area contributed by atoms with Crippen LogP contribution < -0.4 is 5.32 Å². The molecule has 2 amide bonds. The number of carbonyl (C=O) groups is 3. The first-order chi connectivity index (χ1) is 15.5. The lowest BCUT2D eigenvalue weighted by molar-refractivity contribution is -0.131. The summed E-state index contributed by atoms with van der Waals surface area (Å²) in [7, 11) is 0. The highest BCUT2D eigenvalue weighted by Gasteiger charge is 2.32. The minimum Gasteiger partial charge on any atom is -0.356 e. The normalized spacial score (nSPS) is 13.1. The van der Waals surface area contributed by atoms with Crippen molar-refractivity contribution in [1.82, 2.24) is 14.9 Å². The Morgan fingerprint density at radius 2 is 1.94 bits per heavy atom. The zero-order valence-electron chi connectivity index (χ0n) is 18.3. The molecule has 7 nitrogen and oxygen atoms in total. The highest BCUT2D eigenvalue weighted by Crippen LogP contribution is 2.34. The predicted octanol–water partition coefficient (Wildman–Crippen LogP) is 3.95. The minimum atomic E-state index is -0.204. The van der Waals surface area contributed by atoms with E-state index >= 15 is 0 Å². The van der Waals surface area contributed by atoms with Gasteiger partial charge in [0.05, 0.1) is 18.8 Å². The lowest BCUT2D eigenvalue weighted by atomic mass is 9.93. The number of hydrogen-bond donors (Lipinski definition) is 2. The zero-order valence-corrected chi connectivity index (χ0v) is 18.3. The standard InChI is InChI=1S/C25H26N4O3/c1-3-7-23(32)29-14-20-24(21(31)15-29)19(12-17-8-5-4-6-9-17)25(28-20)18-10-11-26-22(13-18)27-16(2)30/h4-6,8-11,13,28H,3,7,12,14-15H2,1-2H3,(H,26,27,30). The first kappa shape index (κ1) is 21.5. The Balaban J connectivity index is 1.80. The topological polar surface area (TPSA) is 95.2 Å². The molecule has 0 unspecified atom stereocenters. The van der Waals surface area contributed by atoms with Gasteiger partial charge in [0.25, 0.3) is 0 Å². The molecule has 1 aliphatic rings. The molecular weight excluding hydrogens is 404 g/mol. The summed E-state index contributed by atoms with van der Waals surface area (Å²) in [4.78, 5) is 46.4. The quantitative estimate of drug-likeness (QED) is 0.619. The molecule has 0 aliphatic carbocycles. The van der Waals surface area contributed by atoms with Crippen molar-refractivity contribution in [3.05, 3.63) is 71.0 Å². The number of amides is 2. The van der Waals surface area contributed by atoms with E-state index in [9.17, 15) is 14.4 Å². The fourth-order valence-corrected chi connectivity index (χ4v) is 4.16. The van der Waals surface area contributed by atoms with Gasteiger partial charge in [-0.25, -0.2) is 4.98 Å². The van der Waals surface area contributed by atoms with E-state index in [4.69, 9.17) is 0 Å². The van der Waals surface area contributed by atoms with Crippen LogP contribution >= 0.6 is 0 Å². The van der Waals surface area contributed by atoms with Crippen LogP contribution in [0.4, 0.5) is 5.82 Å². The fourth-order valence-electron chi connectivity index (χ4n) is 4.16. The Morgan fingerprint density at radius 3 is 2.66 bits per heavy atom. The molecular formula is C25H26N4O3. The molecule has 7 heteroatoms. The van der Waals surface area contributed by atoms with Gasteiger partial charge in [0.1, 0.15) is 5.82 Å². The van der Waals surface area contributed by atoms with Crippen LogP contribution in [-0.4, -0.2) is 39.0 Å². The molecule has 1 aromatic carbocycles. The number of nitrogens with zero attached hydrogens (tertiary/aromatic N) is 2. The second-order valence-corrected chi connectivity index (χ2v) is 8.03. The molecule has 0 saturated heterocycles. The van der Waals surface area contributed by atoms with Crippen LogP contribution in [0.5, 0.6) is 0 Å². The Hall–Kier alpha value is -3.74. The summed E-state index contributed by atoms with van der Waals surface area (Å²) in [6.07, 6.45) is 3.38. The summed E-state index contributed by atoms with van der Waals surface area (Å²) in [5.74, 6) is 0.175. The van der Waals surface area contributed by atoms with Gasteiger partial charge in [-0.15, -0.1) is 0 Å². The Bertz CT molecular complexity index is 1170. The van der Waals surface area contributed by atoms with E-state index in [1.54, 1.807) is 17.2 Å². The number of H-pyrrole nitrogens is 1. The summed E-state index contributed by atoms with van der Waals surface area (Å²) in [6.45, 7) is 3.86. The maximum atomic E-state index is 13.2. The molecule has 2 N–H and O–H groups in total. The number of nitrogens with one attached hydrogen (secondary N) is 2. The van der Waals surface area contributed by atoms with Crippen molar-refractivity contribution < 1.29 is 14.4 Å². The monoisotopic (exact) mass is 430 g/mol. The molecule has 164 valence electrons. The largest absolute Gasteiger partial charge is 0.356 e. The number of anilines is 1. The molecule has 0 fully saturated rings. The Labute approximate surface area is 186 Å². The van der Waals surface area contributed by atoms with Gasteiger partial charge >= 0.3 is 0 Å². The van der Waals surface area contributed by atoms with Crippen LogP contribution in [0.3, 0.4) is 0 Å². The van der Waals surface area contributed by atoms with Crippen molar-refractivity contribution in [1.29, 1.82) is 0 Å². The van der Waals surface area contributed by atoms with Gasteiger partial charge in [-0.2, -0.15) is 0 Å². The van der Waals surface area contributed by atoms with E-state index in [1.165, 1.54) is 6.92 Å². The summed E-state index contributed by atoms with van der Waals surface area (Å²) >= 11 is 0. The number of Topliss-reactive ketones (excluding diaryl/α,β-unsaturated/α-hetero) is 1. The molecule has 3 aromatic rings. The third-order valence-corrected chi connectivity index (χ3v) is 5.54. The van der Waals surface area contributed by atoms with E-state index in [0.29, 0.717) is 30.8 Å². The maximum Gasteiger partial charge on any atom is 0.223 e.